The van der Waals surface area contributed by atoms with Gasteiger partial charge >= 0.3 is 0 Å². The fourth-order valence-electron chi connectivity index (χ4n) is 3.82. The lowest BCUT2D eigenvalue weighted by atomic mass is 9.97. The maximum Gasteiger partial charge on any atom is 0.191 e. The first-order chi connectivity index (χ1) is 15.2. The van der Waals surface area contributed by atoms with Crippen molar-refractivity contribution in [2.45, 2.75) is 46.1 Å². The number of benzene rings is 1. The molecule has 2 heterocycles. The first-order valence-corrected chi connectivity index (χ1v) is 12.4. The van der Waals surface area contributed by atoms with Crippen molar-refractivity contribution in [1.82, 2.24) is 20.5 Å². The molecule has 178 valence electrons. The van der Waals surface area contributed by atoms with Crippen LogP contribution in [0.4, 0.5) is 0 Å². The summed E-state index contributed by atoms with van der Waals surface area (Å²) in [6, 6.07) is 8.26. The van der Waals surface area contributed by atoms with Gasteiger partial charge in [0.2, 0.25) is 0 Å². The molecule has 1 fully saturated rings. The fraction of sp³-hybridized carbons (Fsp3) is 0.583. The number of hydrogen-bond donors (Lipinski definition) is 2. The molecule has 2 aromatic rings. The van der Waals surface area contributed by atoms with Gasteiger partial charge in [-0.3, -0.25) is 9.89 Å². The average Bonchev–Trinajstić information content (AvgIpc) is 3.26. The van der Waals surface area contributed by atoms with Crippen molar-refractivity contribution < 1.29 is 4.74 Å². The van der Waals surface area contributed by atoms with Gasteiger partial charge in [-0.15, -0.1) is 35.3 Å². The zero-order chi connectivity index (χ0) is 21.9. The molecule has 1 saturated heterocycles. The summed E-state index contributed by atoms with van der Waals surface area (Å²) in [5.41, 5.74) is 2.52. The van der Waals surface area contributed by atoms with E-state index in [1.807, 2.05) is 12.1 Å². The van der Waals surface area contributed by atoms with Crippen LogP contribution in [0.15, 0.2) is 34.6 Å². The number of thiazole rings is 1. The lowest BCUT2D eigenvalue weighted by Crippen LogP contribution is -2.39. The lowest BCUT2D eigenvalue weighted by Gasteiger charge is -2.30. The number of rotatable bonds is 10. The number of guanidine groups is 1. The van der Waals surface area contributed by atoms with Crippen LogP contribution in [0.25, 0.3) is 0 Å². The molecule has 0 amide bonds. The van der Waals surface area contributed by atoms with Crippen LogP contribution >= 0.6 is 35.3 Å². The van der Waals surface area contributed by atoms with Crippen molar-refractivity contribution in [1.29, 1.82) is 0 Å². The van der Waals surface area contributed by atoms with Gasteiger partial charge in [0.05, 0.1) is 17.8 Å². The summed E-state index contributed by atoms with van der Waals surface area (Å²) in [4.78, 5) is 12.1. The fourth-order valence-corrected chi connectivity index (χ4v) is 4.56. The van der Waals surface area contributed by atoms with Crippen molar-refractivity contribution in [3.05, 3.63) is 45.9 Å². The van der Waals surface area contributed by atoms with Gasteiger partial charge in [0, 0.05) is 31.6 Å². The van der Waals surface area contributed by atoms with Gasteiger partial charge in [0.25, 0.3) is 0 Å². The SMILES string of the molecule is CCNC(=NCC1CCN(Cc2csc(CC)n2)CC1)NCCc1ccc(OC)cc1.I. The molecule has 0 bridgehead atoms. The summed E-state index contributed by atoms with van der Waals surface area (Å²) >= 11 is 1.79. The molecule has 0 saturated carbocycles. The monoisotopic (exact) mass is 571 g/mol. The molecular weight excluding hydrogens is 533 g/mol. The number of piperidine rings is 1. The number of nitrogens with zero attached hydrogens (tertiary/aromatic N) is 3. The number of halogens is 1. The summed E-state index contributed by atoms with van der Waals surface area (Å²) in [5.74, 6) is 2.48. The molecular formula is C24H38IN5OS. The lowest BCUT2D eigenvalue weighted by molar-refractivity contribution is 0.179. The van der Waals surface area contributed by atoms with Crippen LogP contribution in [0.5, 0.6) is 5.75 Å². The quantitative estimate of drug-likeness (QED) is 0.253. The predicted octanol–water partition coefficient (Wildman–Crippen LogP) is 4.34. The van der Waals surface area contributed by atoms with Crippen molar-refractivity contribution in [3.8, 4) is 5.75 Å². The minimum atomic E-state index is 0. The van der Waals surface area contributed by atoms with Crippen LogP contribution in [-0.2, 0) is 19.4 Å². The number of aliphatic imine (C=N–C) groups is 1. The zero-order valence-corrected chi connectivity index (χ0v) is 22.7. The maximum atomic E-state index is 5.22. The predicted molar refractivity (Wildman–Crippen MR) is 146 cm³/mol. The number of nitrogens with one attached hydrogen (secondary N) is 2. The van der Waals surface area contributed by atoms with Gasteiger partial charge in [-0.2, -0.15) is 0 Å². The van der Waals surface area contributed by atoms with E-state index < -0.39 is 0 Å². The van der Waals surface area contributed by atoms with Crippen LogP contribution in [0, 0.1) is 5.92 Å². The molecule has 0 radical (unpaired) electrons. The van der Waals surface area contributed by atoms with Gasteiger partial charge in [-0.25, -0.2) is 4.98 Å². The van der Waals surface area contributed by atoms with E-state index in [0.29, 0.717) is 5.92 Å². The molecule has 32 heavy (non-hydrogen) atoms. The highest BCUT2D eigenvalue weighted by molar-refractivity contribution is 14.0. The first-order valence-electron chi connectivity index (χ1n) is 11.5. The minimum absolute atomic E-state index is 0. The Hall–Kier alpha value is -1.39. The number of aryl methyl sites for hydroxylation is 1. The Morgan fingerprint density at radius 1 is 1.19 bits per heavy atom. The Morgan fingerprint density at radius 2 is 1.94 bits per heavy atom. The van der Waals surface area contributed by atoms with Gasteiger partial charge in [-0.05, 0) is 69.3 Å². The van der Waals surface area contributed by atoms with Crippen LogP contribution in [0.1, 0.15) is 43.0 Å². The van der Waals surface area contributed by atoms with Crippen LogP contribution in [0.2, 0.25) is 0 Å². The zero-order valence-electron chi connectivity index (χ0n) is 19.6. The number of likely N-dealkylation sites (tertiary alicyclic amines) is 1. The molecule has 6 nitrogen and oxygen atoms in total. The smallest absolute Gasteiger partial charge is 0.191 e. The Balaban J connectivity index is 0.00000363. The van der Waals surface area contributed by atoms with E-state index in [0.717, 1.165) is 63.8 Å². The highest BCUT2D eigenvalue weighted by atomic mass is 127. The summed E-state index contributed by atoms with van der Waals surface area (Å²) in [5, 5.41) is 10.3. The second kappa shape index (κ2) is 14.7. The Morgan fingerprint density at radius 3 is 2.56 bits per heavy atom. The molecule has 2 N–H and O–H groups in total. The second-order valence-corrected chi connectivity index (χ2v) is 8.99. The highest BCUT2D eigenvalue weighted by Gasteiger charge is 2.20. The van der Waals surface area contributed by atoms with Gasteiger partial charge in [0.15, 0.2) is 5.96 Å². The van der Waals surface area contributed by atoms with Crippen LogP contribution in [0.3, 0.4) is 0 Å². The molecule has 1 aliphatic rings. The maximum absolute atomic E-state index is 5.22. The highest BCUT2D eigenvalue weighted by Crippen LogP contribution is 2.20. The van der Waals surface area contributed by atoms with Gasteiger partial charge in [0.1, 0.15) is 5.75 Å². The van der Waals surface area contributed by atoms with E-state index in [1.54, 1.807) is 18.4 Å². The Bertz CT molecular complexity index is 803. The molecule has 0 aliphatic carbocycles. The molecule has 1 aliphatic heterocycles. The normalized spacial score (nSPS) is 15.3. The van der Waals surface area contributed by atoms with E-state index in [-0.39, 0.29) is 24.0 Å². The first kappa shape index (κ1) is 26.9. The minimum Gasteiger partial charge on any atom is -0.497 e. The largest absolute Gasteiger partial charge is 0.497 e. The van der Waals surface area contributed by atoms with E-state index in [1.165, 1.54) is 29.1 Å². The van der Waals surface area contributed by atoms with Crippen molar-refractivity contribution in [2.75, 3.05) is 39.8 Å². The second-order valence-electron chi connectivity index (χ2n) is 8.05. The Labute approximate surface area is 214 Å². The van der Waals surface area contributed by atoms with Gasteiger partial charge in [-0.1, -0.05) is 19.1 Å². The van der Waals surface area contributed by atoms with E-state index in [4.69, 9.17) is 14.7 Å². The van der Waals surface area contributed by atoms with E-state index in [9.17, 15) is 0 Å². The molecule has 3 rings (SSSR count). The molecule has 8 heteroatoms. The third-order valence-corrected chi connectivity index (χ3v) is 6.75. The summed E-state index contributed by atoms with van der Waals surface area (Å²) in [7, 11) is 1.70. The molecule has 0 spiro atoms. The van der Waals surface area contributed by atoms with Crippen molar-refractivity contribution >= 4 is 41.3 Å². The van der Waals surface area contributed by atoms with E-state index in [2.05, 4.69) is 46.9 Å². The van der Waals surface area contributed by atoms with Crippen molar-refractivity contribution in [3.63, 3.8) is 0 Å². The van der Waals surface area contributed by atoms with Crippen LogP contribution < -0.4 is 15.4 Å². The number of ether oxygens (including phenoxy) is 1. The topological polar surface area (TPSA) is 61.8 Å². The summed E-state index contributed by atoms with van der Waals surface area (Å²) in [6.45, 7) is 10.2. The summed E-state index contributed by atoms with van der Waals surface area (Å²) < 4.78 is 5.22. The molecule has 1 aromatic carbocycles. The number of aromatic nitrogens is 1. The average molecular weight is 572 g/mol. The molecule has 1 aromatic heterocycles. The van der Waals surface area contributed by atoms with Crippen molar-refractivity contribution in [2.24, 2.45) is 10.9 Å². The third kappa shape index (κ3) is 8.86. The standard InChI is InChI=1S/C24H37N5OS.HI/c1-4-23-28-21(18-31-23)17-29-14-11-20(12-15-29)16-27-24(25-5-2)26-13-10-19-6-8-22(30-3)9-7-19;/h6-9,18,20H,4-5,10-17H2,1-3H3,(H2,25,26,27);1H. The third-order valence-electron chi connectivity index (χ3n) is 5.71. The molecule has 0 atom stereocenters. The number of methoxy groups -OCH3 is 1. The van der Waals surface area contributed by atoms with Gasteiger partial charge < -0.3 is 15.4 Å². The number of hydrogen-bond acceptors (Lipinski definition) is 5. The van der Waals surface area contributed by atoms with E-state index >= 15 is 0 Å². The summed E-state index contributed by atoms with van der Waals surface area (Å²) in [6.07, 6.45) is 4.41. The van der Waals surface area contributed by atoms with Crippen LogP contribution in [-0.4, -0.2) is 55.7 Å². The Kier molecular flexibility index (Phi) is 12.3. The molecule has 0 unspecified atom stereocenters.